The highest BCUT2D eigenvalue weighted by Gasteiger charge is 2.46. The van der Waals surface area contributed by atoms with E-state index in [1.807, 2.05) is 6.92 Å². The lowest BCUT2D eigenvalue weighted by Crippen LogP contribution is -2.42. The van der Waals surface area contributed by atoms with Crippen LogP contribution in [-0.2, 0) is 10.9 Å². The summed E-state index contributed by atoms with van der Waals surface area (Å²) in [7, 11) is 0. The fraction of sp³-hybridized carbons (Fsp3) is 0.500. The number of carboxylic acid groups (broad SMARTS) is 1. The number of hydrogen-bond acceptors (Lipinski definition) is 4. The van der Waals surface area contributed by atoms with Gasteiger partial charge in [-0.2, -0.15) is 13.2 Å². The van der Waals surface area contributed by atoms with Crippen molar-refractivity contribution in [2.45, 2.75) is 37.6 Å². The van der Waals surface area contributed by atoms with E-state index in [0.29, 0.717) is 30.4 Å². The van der Waals surface area contributed by atoms with Gasteiger partial charge in [0, 0.05) is 17.8 Å². The molecule has 0 radical (unpaired) electrons. The molecule has 2 aliphatic heterocycles. The highest BCUT2D eigenvalue weighted by atomic mass is 32.1. The monoisotopic (exact) mass is 385 g/mol. The van der Waals surface area contributed by atoms with Gasteiger partial charge in [0.2, 0.25) is 0 Å². The molecule has 1 N–H and O–H groups in total. The van der Waals surface area contributed by atoms with E-state index in [9.17, 15) is 23.1 Å². The molecule has 0 aliphatic carbocycles. The summed E-state index contributed by atoms with van der Waals surface area (Å²) >= 11 is 0.740. The molecule has 2 fully saturated rings. The molecule has 26 heavy (non-hydrogen) atoms. The number of alkyl halides is 3. The van der Waals surface area contributed by atoms with Gasteiger partial charge >= 0.3 is 12.1 Å². The molecule has 2 saturated heterocycles. The maximum Gasteiger partial charge on any atom is 0.417 e. The van der Waals surface area contributed by atoms with E-state index in [1.165, 1.54) is 6.07 Å². The molecular weight excluding hydrogens is 367 g/mol. The number of nitrogens with zero attached hydrogens (tertiary/aromatic N) is 1. The van der Waals surface area contributed by atoms with Crippen LogP contribution < -0.4 is 0 Å². The second-order valence-corrected chi connectivity index (χ2v) is 8.08. The summed E-state index contributed by atoms with van der Waals surface area (Å²) in [6.07, 6.45) is -3.08. The predicted octanol–water partition coefficient (Wildman–Crippen LogP) is 4.54. The Hall–Kier alpha value is -1.64. The van der Waals surface area contributed by atoms with Crippen molar-refractivity contribution < 1.29 is 27.8 Å². The molecule has 2 aromatic rings. The average Bonchev–Trinajstić information content (AvgIpc) is 3.21. The van der Waals surface area contributed by atoms with Gasteiger partial charge < -0.3 is 9.84 Å². The number of ether oxygens (including phenoxy) is 1. The van der Waals surface area contributed by atoms with E-state index < -0.39 is 17.7 Å². The molecule has 4 nitrogen and oxygen atoms in total. The summed E-state index contributed by atoms with van der Waals surface area (Å²) in [5.74, 6) is -1.22. The maximum atomic E-state index is 13.3. The summed E-state index contributed by atoms with van der Waals surface area (Å²) in [4.78, 5) is 14.0. The molecule has 140 valence electrons. The lowest BCUT2D eigenvalue weighted by Gasteiger charge is -2.34. The van der Waals surface area contributed by atoms with Crippen LogP contribution in [0.2, 0.25) is 0 Å². The van der Waals surface area contributed by atoms with Crippen LogP contribution in [0.4, 0.5) is 13.2 Å². The van der Waals surface area contributed by atoms with Crippen LogP contribution in [0, 0.1) is 0 Å². The summed E-state index contributed by atoms with van der Waals surface area (Å²) < 4.78 is 45.5. The van der Waals surface area contributed by atoms with Gasteiger partial charge in [0.15, 0.2) is 0 Å². The summed E-state index contributed by atoms with van der Waals surface area (Å²) in [6, 6.07) is 3.99. The van der Waals surface area contributed by atoms with E-state index in [-0.39, 0.29) is 21.2 Å². The summed E-state index contributed by atoms with van der Waals surface area (Å²) in [6.45, 7) is 4.20. The fourth-order valence-electron chi connectivity index (χ4n) is 3.85. The summed E-state index contributed by atoms with van der Waals surface area (Å²) in [5, 5.41) is 10.0. The van der Waals surface area contributed by atoms with Crippen LogP contribution >= 0.6 is 11.3 Å². The molecular formula is C18H18F3NO3S. The second kappa shape index (κ2) is 5.94. The number of carboxylic acids is 1. The van der Waals surface area contributed by atoms with Crippen LogP contribution in [0.1, 0.15) is 46.5 Å². The number of epoxide rings is 1. The topological polar surface area (TPSA) is 53.1 Å². The van der Waals surface area contributed by atoms with Crippen molar-refractivity contribution in [3.63, 3.8) is 0 Å². The molecule has 8 heteroatoms. The lowest BCUT2D eigenvalue weighted by atomic mass is 9.86. The Morgan fingerprint density at radius 2 is 2.00 bits per heavy atom. The van der Waals surface area contributed by atoms with E-state index in [2.05, 4.69) is 4.90 Å². The molecule has 0 amide bonds. The first-order valence-electron chi connectivity index (χ1n) is 8.45. The highest BCUT2D eigenvalue weighted by Crippen LogP contribution is 2.46. The first-order chi connectivity index (χ1) is 12.2. The molecule has 4 rings (SSSR count). The van der Waals surface area contributed by atoms with Crippen LogP contribution in [0.3, 0.4) is 0 Å². The minimum absolute atomic E-state index is 0.0207. The normalized spacial score (nSPS) is 24.9. The Kier molecular flexibility index (Phi) is 4.05. The smallest absolute Gasteiger partial charge is 0.417 e. The number of halogens is 3. The Morgan fingerprint density at radius 1 is 1.35 bits per heavy atom. The minimum Gasteiger partial charge on any atom is -0.477 e. The Bertz CT molecular complexity index is 864. The number of benzene rings is 1. The minimum atomic E-state index is -4.50. The second-order valence-electron chi connectivity index (χ2n) is 7.06. The highest BCUT2D eigenvalue weighted by molar-refractivity contribution is 7.21. The quantitative estimate of drug-likeness (QED) is 0.788. The largest absolute Gasteiger partial charge is 0.477 e. The summed E-state index contributed by atoms with van der Waals surface area (Å²) in [5.41, 5.74) is -0.420. The molecule has 0 spiro atoms. The number of hydrogen-bond donors (Lipinski definition) is 1. The zero-order valence-electron chi connectivity index (χ0n) is 14.1. The van der Waals surface area contributed by atoms with E-state index in [4.69, 9.17) is 4.74 Å². The Morgan fingerprint density at radius 3 is 2.54 bits per heavy atom. The third-order valence-corrected chi connectivity index (χ3v) is 6.63. The first-order valence-corrected chi connectivity index (χ1v) is 9.27. The molecule has 3 heterocycles. The zero-order valence-corrected chi connectivity index (χ0v) is 14.9. The molecule has 1 aromatic heterocycles. The van der Waals surface area contributed by atoms with Gasteiger partial charge in [-0.3, -0.25) is 4.90 Å². The van der Waals surface area contributed by atoms with Gasteiger partial charge in [-0.15, -0.1) is 11.3 Å². The number of aromatic carboxylic acids is 1. The van der Waals surface area contributed by atoms with Gasteiger partial charge in [-0.05, 0) is 42.7 Å². The maximum absolute atomic E-state index is 13.3. The molecule has 1 atom stereocenters. The van der Waals surface area contributed by atoms with E-state index in [1.54, 1.807) is 6.07 Å². The molecule has 1 aromatic carbocycles. The van der Waals surface area contributed by atoms with Crippen molar-refractivity contribution in [3.05, 3.63) is 34.2 Å². The van der Waals surface area contributed by atoms with E-state index >= 15 is 0 Å². The predicted molar refractivity (Wildman–Crippen MR) is 91.7 cm³/mol. The van der Waals surface area contributed by atoms with Gasteiger partial charge in [-0.1, -0.05) is 12.1 Å². The van der Waals surface area contributed by atoms with Crippen molar-refractivity contribution in [3.8, 4) is 0 Å². The van der Waals surface area contributed by atoms with Gasteiger partial charge in [0.1, 0.15) is 10.6 Å². The molecule has 2 aliphatic rings. The third-order valence-electron chi connectivity index (χ3n) is 5.39. The zero-order chi connectivity index (χ0) is 18.7. The van der Waals surface area contributed by atoms with Gasteiger partial charge in [0.05, 0.1) is 12.2 Å². The number of piperidine rings is 1. The fourth-order valence-corrected chi connectivity index (χ4v) is 5.11. The standard InChI is InChI=1S/C18H18F3NO3S/c1-17(9-25-17)22-7-5-10(6-8-22)13-11-3-2-4-12(18(19,20)21)14(11)26-15(13)16(23)24/h2-4,10H,5-9H2,1H3,(H,23,24). The van der Waals surface area contributed by atoms with Gasteiger partial charge in [-0.25, -0.2) is 4.79 Å². The Labute approximate surface area is 152 Å². The van der Waals surface area contributed by atoms with Crippen molar-refractivity contribution in [2.75, 3.05) is 19.7 Å². The van der Waals surface area contributed by atoms with Crippen LogP contribution in [-0.4, -0.2) is 41.4 Å². The van der Waals surface area contributed by atoms with Crippen LogP contribution in [0.15, 0.2) is 18.2 Å². The average molecular weight is 385 g/mol. The molecule has 0 saturated carbocycles. The van der Waals surface area contributed by atoms with Gasteiger partial charge in [0.25, 0.3) is 0 Å². The number of carbonyl (C=O) groups is 1. The van der Waals surface area contributed by atoms with E-state index in [0.717, 1.165) is 30.5 Å². The van der Waals surface area contributed by atoms with Crippen molar-refractivity contribution in [1.29, 1.82) is 0 Å². The number of fused-ring (bicyclic) bond motifs is 1. The van der Waals surface area contributed by atoms with Crippen molar-refractivity contribution in [1.82, 2.24) is 4.90 Å². The van der Waals surface area contributed by atoms with Crippen molar-refractivity contribution in [2.24, 2.45) is 0 Å². The number of thiophene rings is 1. The third kappa shape index (κ3) is 2.90. The van der Waals surface area contributed by atoms with Crippen molar-refractivity contribution >= 4 is 27.4 Å². The van der Waals surface area contributed by atoms with Crippen LogP contribution in [0.5, 0.6) is 0 Å². The SMILES string of the molecule is CC1(N2CCC(c3c(C(=O)O)sc4c(C(F)(F)F)cccc34)CC2)CO1. The first kappa shape index (κ1) is 17.8. The number of rotatable bonds is 3. The Balaban J connectivity index is 1.74. The molecule has 1 unspecified atom stereocenters. The van der Waals surface area contributed by atoms with Crippen LogP contribution in [0.25, 0.3) is 10.1 Å². The lowest BCUT2D eigenvalue weighted by molar-refractivity contribution is -0.136. The molecule has 0 bridgehead atoms. The number of likely N-dealkylation sites (tertiary alicyclic amines) is 1.